The molecule has 0 amide bonds. The molecule has 0 radical (unpaired) electrons. The summed E-state index contributed by atoms with van der Waals surface area (Å²) in [6, 6.07) is 3.64. The lowest BCUT2D eigenvalue weighted by molar-refractivity contribution is -0.0884. The number of hydrazine groups is 1. The van der Waals surface area contributed by atoms with Crippen molar-refractivity contribution in [2.24, 2.45) is 5.84 Å². The summed E-state index contributed by atoms with van der Waals surface area (Å²) in [6.45, 7) is 0. The van der Waals surface area contributed by atoms with Gasteiger partial charge in [-0.05, 0) is 17.7 Å². The Labute approximate surface area is 162 Å². The maximum Gasteiger partial charge on any atom is 0.181 e. The highest BCUT2D eigenvalue weighted by molar-refractivity contribution is 6.30. The second-order valence-electron chi connectivity index (χ2n) is 6.28. The van der Waals surface area contributed by atoms with Crippen LogP contribution in [0.4, 0.5) is 10.2 Å². The predicted octanol–water partition coefficient (Wildman–Crippen LogP) is 0.257. The topological polar surface area (TPSA) is 152 Å². The van der Waals surface area contributed by atoms with E-state index < -0.39 is 36.5 Å². The van der Waals surface area contributed by atoms with Crippen LogP contribution in [0.2, 0.25) is 5.02 Å². The Bertz CT molecular complexity index is 1020. The van der Waals surface area contributed by atoms with Gasteiger partial charge in [-0.1, -0.05) is 17.7 Å². The van der Waals surface area contributed by atoms with Crippen LogP contribution in [0.1, 0.15) is 17.9 Å². The summed E-state index contributed by atoms with van der Waals surface area (Å²) in [7, 11) is 0. The molecule has 10 nitrogen and oxygen atoms in total. The first-order valence-electron chi connectivity index (χ1n) is 8.21. The zero-order valence-corrected chi connectivity index (χ0v) is 14.9. The van der Waals surface area contributed by atoms with Crippen molar-refractivity contribution in [3.8, 4) is 0 Å². The van der Waals surface area contributed by atoms with Crippen molar-refractivity contribution < 1.29 is 24.4 Å². The van der Waals surface area contributed by atoms with Gasteiger partial charge in [0, 0.05) is 0 Å². The molecule has 0 spiro atoms. The number of nitrogens with zero attached hydrogens (tertiary/aromatic N) is 4. The van der Waals surface area contributed by atoms with Crippen molar-refractivity contribution in [2.45, 2.75) is 30.6 Å². The predicted molar refractivity (Wildman–Crippen MR) is 95.4 cm³/mol. The zero-order chi connectivity index (χ0) is 20.0. The molecule has 4 rings (SSSR count). The molecule has 1 saturated heterocycles. The zero-order valence-electron chi connectivity index (χ0n) is 14.1. The SMILES string of the molecule is NNc1ncnc2c1cnn2[C@@H]1O[C@H]([C@H](O)c2ccc(F)c(Cl)c2)[C@@H](O)[C@H]1O. The summed E-state index contributed by atoms with van der Waals surface area (Å²) in [4.78, 5) is 8.06. The fourth-order valence-electron chi connectivity index (χ4n) is 3.20. The Kier molecular flexibility index (Phi) is 4.87. The second kappa shape index (κ2) is 7.20. The van der Waals surface area contributed by atoms with Gasteiger partial charge in [0.05, 0.1) is 16.6 Å². The quantitative estimate of drug-likeness (QED) is 0.301. The Balaban J connectivity index is 1.65. The number of aliphatic hydroxyl groups excluding tert-OH is 3. The Morgan fingerprint density at radius 3 is 2.79 bits per heavy atom. The summed E-state index contributed by atoms with van der Waals surface area (Å²) in [6.07, 6.45) is -3.90. The van der Waals surface area contributed by atoms with Crippen LogP contribution in [0.5, 0.6) is 0 Å². The number of hydrogen-bond donors (Lipinski definition) is 5. The molecule has 3 heterocycles. The first-order valence-corrected chi connectivity index (χ1v) is 8.59. The molecule has 28 heavy (non-hydrogen) atoms. The molecule has 1 aromatic carbocycles. The van der Waals surface area contributed by atoms with E-state index in [1.54, 1.807) is 0 Å². The molecule has 0 bridgehead atoms. The Morgan fingerprint density at radius 1 is 1.29 bits per heavy atom. The molecule has 3 aromatic rings. The summed E-state index contributed by atoms with van der Waals surface area (Å²) in [5.41, 5.74) is 2.94. The lowest BCUT2D eigenvalue weighted by Crippen LogP contribution is -2.35. The summed E-state index contributed by atoms with van der Waals surface area (Å²) in [5, 5.41) is 35.9. The molecule has 148 valence electrons. The van der Waals surface area contributed by atoms with E-state index in [9.17, 15) is 19.7 Å². The van der Waals surface area contributed by atoms with Crippen LogP contribution in [-0.4, -0.2) is 53.4 Å². The average Bonchev–Trinajstić information content (AvgIpc) is 3.25. The van der Waals surface area contributed by atoms with Gasteiger partial charge in [-0.3, -0.25) is 0 Å². The number of nitrogen functional groups attached to an aromatic ring is 1. The van der Waals surface area contributed by atoms with Crippen molar-refractivity contribution >= 4 is 28.5 Å². The van der Waals surface area contributed by atoms with E-state index in [4.69, 9.17) is 22.2 Å². The van der Waals surface area contributed by atoms with Crippen LogP contribution in [0.15, 0.2) is 30.7 Å². The highest BCUT2D eigenvalue weighted by Crippen LogP contribution is 2.37. The fraction of sp³-hybridized carbons (Fsp3) is 0.312. The van der Waals surface area contributed by atoms with E-state index >= 15 is 0 Å². The average molecular weight is 411 g/mol. The van der Waals surface area contributed by atoms with Gasteiger partial charge in [0.1, 0.15) is 36.6 Å². The minimum atomic E-state index is -1.45. The maximum absolute atomic E-state index is 13.4. The third-order valence-electron chi connectivity index (χ3n) is 4.64. The highest BCUT2D eigenvalue weighted by Gasteiger charge is 2.48. The maximum atomic E-state index is 13.4. The number of aliphatic hydroxyl groups is 3. The number of aromatic nitrogens is 4. The van der Waals surface area contributed by atoms with Crippen molar-refractivity contribution in [3.63, 3.8) is 0 Å². The van der Waals surface area contributed by atoms with E-state index in [1.807, 2.05) is 0 Å². The van der Waals surface area contributed by atoms with Crippen LogP contribution < -0.4 is 11.3 Å². The van der Waals surface area contributed by atoms with Gasteiger partial charge in [-0.2, -0.15) is 5.10 Å². The van der Waals surface area contributed by atoms with Crippen LogP contribution in [0, 0.1) is 5.82 Å². The van der Waals surface area contributed by atoms with Crippen LogP contribution in [0.25, 0.3) is 11.0 Å². The summed E-state index contributed by atoms with van der Waals surface area (Å²) >= 11 is 5.75. The van der Waals surface area contributed by atoms with E-state index in [-0.39, 0.29) is 10.6 Å². The lowest BCUT2D eigenvalue weighted by atomic mass is 9.99. The van der Waals surface area contributed by atoms with Crippen LogP contribution in [0.3, 0.4) is 0 Å². The van der Waals surface area contributed by atoms with Gasteiger partial charge in [0.25, 0.3) is 0 Å². The van der Waals surface area contributed by atoms with E-state index in [2.05, 4.69) is 20.5 Å². The third-order valence-corrected chi connectivity index (χ3v) is 4.93. The molecule has 1 fully saturated rings. The largest absolute Gasteiger partial charge is 0.387 e. The van der Waals surface area contributed by atoms with Gasteiger partial charge in [-0.25, -0.2) is 24.9 Å². The number of nitrogens with two attached hydrogens (primary N) is 1. The number of fused-ring (bicyclic) bond motifs is 1. The molecular weight excluding hydrogens is 395 g/mol. The number of rotatable bonds is 4. The fourth-order valence-corrected chi connectivity index (χ4v) is 3.39. The second-order valence-corrected chi connectivity index (χ2v) is 6.69. The molecule has 5 atom stereocenters. The first kappa shape index (κ1) is 18.9. The Hall–Kier alpha value is -2.41. The molecule has 1 aliphatic heterocycles. The molecule has 0 saturated carbocycles. The molecule has 1 aliphatic rings. The molecule has 0 aliphatic carbocycles. The standard InChI is InChI=1S/C16H16ClFN6O4/c17-8-3-6(1-2-9(8)18)10(25)13-11(26)12(27)16(28-13)24-15-7(4-22-24)14(23-19)20-5-21-15/h1-5,10-13,16,25-27H,19H2,(H,20,21,23)/t10-,11+,12-,13-,16-/m1/s1. The summed E-state index contributed by atoms with van der Waals surface area (Å²) in [5.74, 6) is 5.09. The lowest BCUT2D eigenvalue weighted by Gasteiger charge is -2.21. The van der Waals surface area contributed by atoms with Gasteiger partial charge in [0.2, 0.25) is 0 Å². The summed E-state index contributed by atoms with van der Waals surface area (Å²) < 4.78 is 20.3. The first-order chi connectivity index (χ1) is 13.4. The number of benzene rings is 1. The van der Waals surface area contributed by atoms with E-state index in [0.29, 0.717) is 16.9 Å². The van der Waals surface area contributed by atoms with Crippen molar-refractivity contribution in [1.29, 1.82) is 0 Å². The highest BCUT2D eigenvalue weighted by atomic mass is 35.5. The van der Waals surface area contributed by atoms with Crippen LogP contribution in [-0.2, 0) is 4.74 Å². The minimum Gasteiger partial charge on any atom is -0.387 e. The smallest absolute Gasteiger partial charge is 0.181 e. The minimum absolute atomic E-state index is 0.183. The normalized spacial score (nSPS) is 25.9. The van der Waals surface area contributed by atoms with E-state index in [0.717, 1.165) is 6.07 Å². The van der Waals surface area contributed by atoms with Gasteiger partial charge in [0.15, 0.2) is 17.7 Å². The number of nitrogens with one attached hydrogen (secondary N) is 1. The number of anilines is 1. The molecule has 2 aromatic heterocycles. The van der Waals surface area contributed by atoms with Crippen molar-refractivity contribution in [1.82, 2.24) is 19.7 Å². The molecular formula is C16H16ClFN6O4. The van der Waals surface area contributed by atoms with Crippen molar-refractivity contribution in [2.75, 3.05) is 5.43 Å². The van der Waals surface area contributed by atoms with Crippen molar-refractivity contribution in [3.05, 3.63) is 47.1 Å². The molecule has 0 unspecified atom stereocenters. The van der Waals surface area contributed by atoms with Gasteiger partial charge in [-0.15, -0.1) is 0 Å². The van der Waals surface area contributed by atoms with Crippen LogP contribution >= 0.6 is 11.6 Å². The monoisotopic (exact) mass is 410 g/mol. The van der Waals surface area contributed by atoms with E-state index in [1.165, 1.54) is 29.3 Å². The number of hydrogen-bond acceptors (Lipinski definition) is 9. The number of ether oxygens (including phenoxy) is 1. The number of halogens is 2. The van der Waals surface area contributed by atoms with Gasteiger partial charge >= 0.3 is 0 Å². The molecule has 6 N–H and O–H groups in total. The van der Waals surface area contributed by atoms with Gasteiger partial charge < -0.3 is 25.5 Å². The Morgan fingerprint density at radius 2 is 2.07 bits per heavy atom. The molecule has 12 heteroatoms. The third kappa shape index (κ3) is 2.98.